The molecule has 0 radical (unpaired) electrons. The number of benzene rings is 1. The van der Waals surface area contributed by atoms with E-state index in [0.29, 0.717) is 12.0 Å². The molecule has 0 aliphatic rings. The molecule has 2 atom stereocenters. The number of rotatable bonds is 6. The van der Waals surface area contributed by atoms with Crippen molar-refractivity contribution in [1.29, 1.82) is 0 Å². The molecule has 21 heavy (non-hydrogen) atoms. The molecule has 0 saturated carbocycles. The molecule has 0 fully saturated rings. The lowest BCUT2D eigenvalue weighted by molar-refractivity contribution is 0.415. The molecule has 3 nitrogen and oxygen atoms in total. The van der Waals surface area contributed by atoms with Crippen LogP contribution in [0.5, 0.6) is 0 Å². The maximum Gasteiger partial charge on any atom is 0.134 e. The average molecular weight is 311 g/mol. The fourth-order valence-electron chi connectivity index (χ4n) is 2.60. The summed E-state index contributed by atoms with van der Waals surface area (Å²) in [7, 11) is -1.40. The van der Waals surface area contributed by atoms with E-state index in [1.54, 1.807) is 6.07 Å². The summed E-state index contributed by atoms with van der Waals surface area (Å²) in [5.41, 5.74) is 0.680. The molecule has 2 aromatic rings. The van der Waals surface area contributed by atoms with Crippen LogP contribution in [0.2, 0.25) is 0 Å². The van der Waals surface area contributed by atoms with Gasteiger partial charge in [-0.1, -0.05) is 13.3 Å². The zero-order valence-electron chi connectivity index (χ0n) is 12.7. The maximum absolute atomic E-state index is 13.3. The first-order chi connectivity index (χ1) is 9.83. The van der Waals surface area contributed by atoms with Gasteiger partial charge in [-0.2, -0.15) is 0 Å². The minimum atomic E-state index is -1.40. The third-order valence-electron chi connectivity index (χ3n) is 3.82. The first kappa shape index (κ1) is 16.2. The first-order valence-electron chi connectivity index (χ1n) is 7.18. The van der Waals surface area contributed by atoms with Crippen LogP contribution in [0.1, 0.15) is 51.7 Å². The Morgan fingerprint density at radius 3 is 2.71 bits per heavy atom. The standard InChI is InChI=1S/C16H22FNO2S/c1-4-5-11(10-16(2,3)21(18)19)15-9-12-8-13(17)6-7-14(12)20-15/h6-9,11H,4-5,10,18H2,1-3H3/t11-,21?/m1/s1. The monoisotopic (exact) mass is 311 g/mol. The lowest BCUT2D eigenvalue weighted by atomic mass is 9.90. The van der Waals surface area contributed by atoms with Gasteiger partial charge in [0.1, 0.15) is 17.2 Å². The van der Waals surface area contributed by atoms with Crippen molar-refractivity contribution < 1.29 is 13.0 Å². The molecule has 116 valence electrons. The van der Waals surface area contributed by atoms with Crippen LogP contribution in [-0.2, 0) is 11.0 Å². The second-order valence-corrected chi connectivity index (χ2v) is 7.78. The molecule has 0 saturated heterocycles. The van der Waals surface area contributed by atoms with E-state index in [1.165, 1.54) is 12.1 Å². The van der Waals surface area contributed by atoms with E-state index in [-0.39, 0.29) is 11.7 Å². The predicted octanol–water partition coefficient (Wildman–Crippen LogP) is 4.25. The van der Waals surface area contributed by atoms with Crippen LogP contribution in [-0.4, -0.2) is 8.96 Å². The molecule has 0 spiro atoms. The number of furan rings is 1. The lowest BCUT2D eigenvalue weighted by Gasteiger charge is -2.26. The Bertz CT molecular complexity index is 651. The van der Waals surface area contributed by atoms with Gasteiger partial charge < -0.3 is 4.42 Å². The van der Waals surface area contributed by atoms with Gasteiger partial charge in [0, 0.05) is 11.3 Å². The molecule has 2 N–H and O–H groups in total. The zero-order chi connectivity index (χ0) is 15.6. The topological polar surface area (TPSA) is 56.2 Å². The molecule has 2 rings (SSSR count). The van der Waals surface area contributed by atoms with E-state index >= 15 is 0 Å². The largest absolute Gasteiger partial charge is 0.461 e. The normalized spacial score (nSPS) is 15.3. The molecule has 0 bridgehead atoms. The lowest BCUT2D eigenvalue weighted by Crippen LogP contribution is -2.33. The van der Waals surface area contributed by atoms with E-state index < -0.39 is 15.7 Å². The van der Waals surface area contributed by atoms with Crippen molar-refractivity contribution in [1.82, 2.24) is 0 Å². The van der Waals surface area contributed by atoms with Gasteiger partial charge in [-0.05, 0) is 51.0 Å². The highest BCUT2D eigenvalue weighted by atomic mass is 32.2. The molecule has 1 aromatic carbocycles. The van der Waals surface area contributed by atoms with Crippen LogP contribution < -0.4 is 5.14 Å². The van der Waals surface area contributed by atoms with Gasteiger partial charge in [-0.15, -0.1) is 0 Å². The number of nitrogens with two attached hydrogens (primary N) is 1. The predicted molar refractivity (Wildman–Crippen MR) is 84.8 cm³/mol. The molecule has 5 heteroatoms. The molecular formula is C16H22FNO2S. The summed E-state index contributed by atoms with van der Waals surface area (Å²) in [6.45, 7) is 5.89. The minimum Gasteiger partial charge on any atom is -0.461 e. The van der Waals surface area contributed by atoms with E-state index in [4.69, 9.17) is 9.56 Å². The van der Waals surface area contributed by atoms with Crippen LogP contribution in [0.25, 0.3) is 11.0 Å². The first-order valence-corrected chi connectivity index (χ1v) is 8.40. The summed E-state index contributed by atoms with van der Waals surface area (Å²) >= 11 is 0. The molecule has 0 amide bonds. The van der Waals surface area contributed by atoms with Crippen molar-refractivity contribution in [3.63, 3.8) is 0 Å². The van der Waals surface area contributed by atoms with Gasteiger partial charge in [-0.3, -0.25) is 5.14 Å². The van der Waals surface area contributed by atoms with Crippen molar-refractivity contribution >= 4 is 22.0 Å². The van der Waals surface area contributed by atoms with Crippen molar-refractivity contribution in [3.8, 4) is 0 Å². The summed E-state index contributed by atoms with van der Waals surface area (Å²) in [6, 6.07) is 6.39. The molecular weight excluding hydrogens is 289 g/mol. The third kappa shape index (κ3) is 3.71. The summed E-state index contributed by atoms with van der Waals surface area (Å²) < 4.78 is 30.3. The maximum atomic E-state index is 13.3. The highest BCUT2D eigenvalue weighted by Gasteiger charge is 2.30. The van der Waals surface area contributed by atoms with Crippen molar-refractivity contribution in [2.75, 3.05) is 0 Å². The van der Waals surface area contributed by atoms with Gasteiger partial charge >= 0.3 is 0 Å². The smallest absolute Gasteiger partial charge is 0.134 e. The zero-order valence-corrected chi connectivity index (χ0v) is 13.5. The number of fused-ring (bicyclic) bond motifs is 1. The Morgan fingerprint density at radius 2 is 2.10 bits per heavy atom. The van der Waals surface area contributed by atoms with Gasteiger partial charge in [0.2, 0.25) is 0 Å². The number of hydrogen-bond acceptors (Lipinski definition) is 2. The van der Waals surface area contributed by atoms with Crippen LogP contribution in [0.3, 0.4) is 0 Å². The fraction of sp³-hybridized carbons (Fsp3) is 0.500. The van der Waals surface area contributed by atoms with Crippen LogP contribution in [0, 0.1) is 5.82 Å². The second-order valence-electron chi connectivity index (χ2n) is 6.08. The molecule has 1 heterocycles. The average Bonchev–Trinajstić information content (AvgIpc) is 2.80. The molecule has 1 aromatic heterocycles. The Hall–Kier alpha value is -1.20. The van der Waals surface area contributed by atoms with Gasteiger partial charge in [0.05, 0.1) is 15.7 Å². The third-order valence-corrected chi connectivity index (χ3v) is 5.08. The molecule has 0 aliphatic carbocycles. The quantitative estimate of drug-likeness (QED) is 0.867. The van der Waals surface area contributed by atoms with E-state index in [1.807, 2.05) is 19.9 Å². The van der Waals surface area contributed by atoms with Crippen molar-refractivity contribution in [3.05, 3.63) is 35.8 Å². The highest BCUT2D eigenvalue weighted by molar-refractivity contribution is 7.84. The van der Waals surface area contributed by atoms with Crippen LogP contribution in [0.4, 0.5) is 4.39 Å². The summed E-state index contributed by atoms with van der Waals surface area (Å²) in [4.78, 5) is 0. The van der Waals surface area contributed by atoms with Crippen molar-refractivity contribution in [2.45, 2.75) is 50.7 Å². The van der Waals surface area contributed by atoms with Gasteiger partial charge in [0.25, 0.3) is 0 Å². The fourth-order valence-corrected chi connectivity index (χ4v) is 2.97. The number of hydrogen-bond donors (Lipinski definition) is 1. The van der Waals surface area contributed by atoms with E-state index in [9.17, 15) is 8.60 Å². The van der Waals surface area contributed by atoms with Crippen molar-refractivity contribution in [2.24, 2.45) is 5.14 Å². The highest BCUT2D eigenvalue weighted by Crippen LogP contribution is 2.35. The number of halogens is 1. The van der Waals surface area contributed by atoms with Gasteiger partial charge in [0.15, 0.2) is 0 Å². The van der Waals surface area contributed by atoms with Crippen LogP contribution in [0.15, 0.2) is 28.7 Å². The van der Waals surface area contributed by atoms with Crippen LogP contribution >= 0.6 is 0 Å². The Morgan fingerprint density at radius 1 is 1.38 bits per heavy atom. The Labute approximate surface area is 127 Å². The second kappa shape index (κ2) is 6.28. The SMILES string of the molecule is CCC[C@H](CC(C)(C)S(N)=O)c1cc2cc(F)ccc2o1. The molecule has 0 aliphatic heterocycles. The Kier molecular flexibility index (Phi) is 4.84. The minimum absolute atomic E-state index is 0.132. The summed E-state index contributed by atoms with van der Waals surface area (Å²) in [6.07, 6.45) is 2.58. The van der Waals surface area contributed by atoms with E-state index in [2.05, 4.69) is 6.92 Å². The summed E-state index contributed by atoms with van der Waals surface area (Å²) in [5.74, 6) is 0.675. The van der Waals surface area contributed by atoms with Gasteiger partial charge in [-0.25, -0.2) is 8.60 Å². The summed E-state index contributed by atoms with van der Waals surface area (Å²) in [5, 5.41) is 6.34. The molecule has 1 unspecified atom stereocenters. The Balaban J connectivity index is 2.33. The van der Waals surface area contributed by atoms with E-state index in [0.717, 1.165) is 24.0 Å².